The Bertz CT molecular complexity index is 667. The summed E-state index contributed by atoms with van der Waals surface area (Å²) in [5, 5.41) is 13.8. The van der Waals surface area contributed by atoms with Gasteiger partial charge >= 0.3 is 0 Å². The van der Waals surface area contributed by atoms with E-state index in [2.05, 4.69) is 5.32 Å². The molecule has 1 aromatic carbocycles. The fraction of sp³-hybridized carbons (Fsp3) is 0.214. The summed E-state index contributed by atoms with van der Waals surface area (Å²) in [6, 6.07) is 2.47. The summed E-state index contributed by atoms with van der Waals surface area (Å²) in [6.45, 7) is -0.178. The van der Waals surface area contributed by atoms with Crippen molar-refractivity contribution in [3.63, 3.8) is 0 Å². The monoisotopic (exact) mass is 330 g/mol. The van der Waals surface area contributed by atoms with Crippen LogP contribution in [0.5, 0.6) is 0 Å². The number of amides is 1. The first-order valence-corrected chi connectivity index (χ1v) is 7.16. The standard InChI is InChI=1S/C14H13F3N2O2S/c15-10-2-7(3-11(16)13(10)17)12(5-20)19-4-9-1-8(6-22-9)14(18)21/h1-3,6,12,19-20H,4-5H2,(H2,18,21). The van der Waals surface area contributed by atoms with Crippen molar-refractivity contribution in [1.82, 2.24) is 5.32 Å². The highest BCUT2D eigenvalue weighted by Gasteiger charge is 2.17. The van der Waals surface area contributed by atoms with Crippen molar-refractivity contribution in [2.75, 3.05) is 6.61 Å². The van der Waals surface area contributed by atoms with Crippen molar-refractivity contribution in [2.45, 2.75) is 12.6 Å². The zero-order chi connectivity index (χ0) is 16.3. The predicted molar refractivity (Wildman–Crippen MR) is 75.8 cm³/mol. The molecule has 1 aromatic heterocycles. The third-order valence-corrected chi connectivity index (χ3v) is 3.99. The molecular weight excluding hydrogens is 317 g/mol. The second-order valence-corrected chi connectivity index (χ2v) is 5.58. The van der Waals surface area contributed by atoms with E-state index in [1.165, 1.54) is 11.3 Å². The number of thiophene rings is 1. The minimum absolute atomic E-state index is 0.0885. The number of carbonyl (C=O) groups is 1. The highest BCUT2D eigenvalue weighted by atomic mass is 32.1. The Morgan fingerprint density at radius 1 is 1.27 bits per heavy atom. The third-order valence-electron chi connectivity index (χ3n) is 3.05. The first kappa shape index (κ1) is 16.5. The van der Waals surface area contributed by atoms with E-state index in [-0.39, 0.29) is 12.1 Å². The van der Waals surface area contributed by atoms with Crippen LogP contribution in [0, 0.1) is 17.5 Å². The van der Waals surface area contributed by atoms with Crippen LogP contribution < -0.4 is 11.1 Å². The number of halogens is 3. The molecule has 4 nitrogen and oxygen atoms in total. The SMILES string of the molecule is NC(=O)c1csc(CNC(CO)c2cc(F)c(F)c(F)c2)c1. The van der Waals surface area contributed by atoms with Crippen LogP contribution in [0.1, 0.15) is 26.8 Å². The highest BCUT2D eigenvalue weighted by molar-refractivity contribution is 7.10. The molecule has 1 atom stereocenters. The lowest BCUT2D eigenvalue weighted by atomic mass is 10.1. The minimum Gasteiger partial charge on any atom is -0.394 e. The number of nitrogens with one attached hydrogen (secondary N) is 1. The Balaban J connectivity index is 2.10. The van der Waals surface area contributed by atoms with Crippen molar-refractivity contribution < 1.29 is 23.1 Å². The number of nitrogens with two attached hydrogens (primary N) is 1. The Labute approximate surface area is 128 Å². The summed E-state index contributed by atoms with van der Waals surface area (Å²) in [7, 11) is 0. The van der Waals surface area contributed by atoms with Gasteiger partial charge in [0.15, 0.2) is 17.5 Å². The average Bonchev–Trinajstić information content (AvgIpc) is 2.94. The zero-order valence-corrected chi connectivity index (χ0v) is 12.1. The lowest BCUT2D eigenvalue weighted by Crippen LogP contribution is -2.24. The fourth-order valence-electron chi connectivity index (χ4n) is 1.89. The van der Waals surface area contributed by atoms with Crippen LogP contribution in [0.3, 0.4) is 0 Å². The van der Waals surface area contributed by atoms with Crippen molar-refractivity contribution in [1.29, 1.82) is 0 Å². The smallest absolute Gasteiger partial charge is 0.249 e. The Morgan fingerprint density at radius 2 is 1.91 bits per heavy atom. The average molecular weight is 330 g/mol. The summed E-state index contributed by atoms with van der Waals surface area (Å²) in [5.41, 5.74) is 5.59. The third kappa shape index (κ3) is 3.65. The van der Waals surface area contributed by atoms with Crippen LogP contribution in [-0.4, -0.2) is 17.6 Å². The number of carbonyl (C=O) groups excluding carboxylic acids is 1. The number of hydrogen-bond acceptors (Lipinski definition) is 4. The van der Waals surface area contributed by atoms with E-state index in [1.54, 1.807) is 11.4 Å². The van der Waals surface area contributed by atoms with Crippen LogP contribution in [0.25, 0.3) is 0 Å². The normalized spacial score (nSPS) is 12.4. The van der Waals surface area contributed by atoms with Gasteiger partial charge in [0.2, 0.25) is 5.91 Å². The molecule has 0 aliphatic rings. The maximum Gasteiger partial charge on any atom is 0.249 e. The van der Waals surface area contributed by atoms with Crippen LogP contribution in [0.2, 0.25) is 0 Å². The molecule has 22 heavy (non-hydrogen) atoms. The Kier molecular flexibility index (Phi) is 5.17. The summed E-state index contributed by atoms with van der Waals surface area (Å²) >= 11 is 1.28. The van der Waals surface area contributed by atoms with Gasteiger partial charge in [-0.25, -0.2) is 13.2 Å². The maximum absolute atomic E-state index is 13.2. The van der Waals surface area contributed by atoms with E-state index < -0.39 is 36.0 Å². The molecule has 0 fully saturated rings. The van der Waals surface area contributed by atoms with Crippen LogP contribution in [-0.2, 0) is 6.54 Å². The lowest BCUT2D eigenvalue weighted by Gasteiger charge is -2.16. The molecule has 1 amide bonds. The quantitative estimate of drug-likeness (QED) is 0.710. The van der Waals surface area contributed by atoms with E-state index in [4.69, 9.17) is 5.73 Å². The van der Waals surface area contributed by atoms with Crippen LogP contribution >= 0.6 is 11.3 Å². The first-order chi connectivity index (χ1) is 10.4. The highest BCUT2D eigenvalue weighted by Crippen LogP contribution is 2.21. The van der Waals surface area contributed by atoms with Gasteiger partial charge < -0.3 is 16.2 Å². The maximum atomic E-state index is 13.2. The van der Waals surface area contributed by atoms with E-state index >= 15 is 0 Å². The molecule has 2 aromatic rings. The second-order valence-electron chi connectivity index (χ2n) is 4.58. The molecule has 4 N–H and O–H groups in total. The fourth-order valence-corrected chi connectivity index (χ4v) is 2.71. The molecule has 118 valence electrons. The van der Waals surface area contributed by atoms with Gasteiger partial charge in [-0.2, -0.15) is 0 Å². The number of primary amides is 1. The number of benzene rings is 1. The Hall–Kier alpha value is -1.90. The lowest BCUT2D eigenvalue weighted by molar-refractivity contribution is 0.100. The van der Waals surface area contributed by atoms with E-state index in [9.17, 15) is 23.1 Å². The molecule has 0 spiro atoms. The molecule has 0 saturated carbocycles. The molecule has 0 bridgehead atoms. The van der Waals surface area contributed by atoms with E-state index in [1.807, 2.05) is 0 Å². The summed E-state index contributed by atoms with van der Waals surface area (Å²) in [5.74, 6) is -4.74. The minimum atomic E-state index is -1.55. The van der Waals surface area contributed by atoms with Gasteiger partial charge in [0.1, 0.15) is 0 Å². The van der Waals surface area contributed by atoms with Gasteiger partial charge in [0.05, 0.1) is 18.2 Å². The molecule has 0 saturated heterocycles. The number of rotatable bonds is 6. The van der Waals surface area contributed by atoms with Gasteiger partial charge in [0, 0.05) is 16.8 Å². The molecule has 0 radical (unpaired) electrons. The van der Waals surface area contributed by atoms with Gasteiger partial charge in [-0.05, 0) is 23.8 Å². The van der Waals surface area contributed by atoms with Gasteiger partial charge in [0.25, 0.3) is 0 Å². The molecule has 0 aliphatic carbocycles. The molecule has 2 rings (SSSR count). The molecule has 1 heterocycles. The number of hydrogen-bond donors (Lipinski definition) is 3. The molecule has 0 aliphatic heterocycles. The Morgan fingerprint density at radius 3 is 2.41 bits per heavy atom. The predicted octanol–water partition coefficient (Wildman–Crippen LogP) is 2.09. The van der Waals surface area contributed by atoms with Gasteiger partial charge in [-0.1, -0.05) is 0 Å². The van der Waals surface area contributed by atoms with Gasteiger partial charge in [-0.3, -0.25) is 4.79 Å². The molecular formula is C14H13F3N2O2S. The van der Waals surface area contributed by atoms with Crippen molar-refractivity contribution in [3.8, 4) is 0 Å². The van der Waals surface area contributed by atoms with Gasteiger partial charge in [-0.15, -0.1) is 11.3 Å². The van der Waals surface area contributed by atoms with E-state index in [0.29, 0.717) is 5.56 Å². The number of aliphatic hydroxyl groups excluding tert-OH is 1. The second kappa shape index (κ2) is 6.91. The summed E-state index contributed by atoms with van der Waals surface area (Å²) < 4.78 is 39.4. The van der Waals surface area contributed by atoms with Crippen molar-refractivity contribution in [3.05, 3.63) is 57.0 Å². The molecule has 1 unspecified atom stereocenters. The van der Waals surface area contributed by atoms with Crippen LogP contribution in [0.15, 0.2) is 23.6 Å². The molecule has 8 heteroatoms. The van der Waals surface area contributed by atoms with E-state index in [0.717, 1.165) is 17.0 Å². The van der Waals surface area contributed by atoms with Crippen molar-refractivity contribution >= 4 is 17.2 Å². The summed E-state index contributed by atoms with van der Waals surface area (Å²) in [6.07, 6.45) is 0. The first-order valence-electron chi connectivity index (χ1n) is 6.28. The van der Waals surface area contributed by atoms with Crippen LogP contribution in [0.4, 0.5) is 13.2 Å². The summed E-state index contributed by atoms with van der Waals surface area (Å²) in [4.78, 5) is 11.7. The largest absolute Gasteiger partial charge is 0.394 e. The number of aliphatic hydroxyl groups is 1. The van der Waals surface area contributed by atoms with Crippen molar-refractivity contribution in [2.24, 2.45) is 5.73 Å². The zero-order valence-electron chi connectivity index (χ0n) is 11.3. The topological polar surface area (TPSA) is 75.4 Å².